The van der Waals surface area contributed by atoms with Gasteiger partial charge in [-0.05, 0) is 25.5 Å². The molecule has 0 fully saturated rings. The molecule has 1 aromatic carbocycles. The molecule has 15 heavy (non-hydrogen) atoms. The van der Waals surface area contributed by atoms with E-state index in [1.807, 2.05) is 32.0 Å². The highest BCUT2D eigenvalue weighted by Crippen LogP contribution is 2.32. The molecule has 0 aliphatic heterocycles. The third kappa shape index (κ3) is 2.13. The minimum atomic E-state index is -0.724. The van der Waals surface area contributed by atoms with Crippen LogP contribution in [-0.2, 0) is 15.3 Å². The molecule has 0 saturated heterocycles. The van der Waals surface area contributed by atoms with Gasteiger partial charge in [0, 0.05) is 19.8 Å². The second kappa shape index (κ2) is 4.64. The van der Waals surface area contributed by atoms with Crippen molar-refractivity contribution >= 4 is 0 Å². The molecule has 3 heteroatoms. The Bertz CT molecular complexity index is 330. The van der Waals surface area contributed by atoms with Crippen molar-refractivity contribution in [2.24, 2.45) is 0 Å². The van der Waals surface area contributed by atoms with Gasteiger partial charge in [0.1, 0.15) is 5.75 Å². The Hall–Kier alpha value is -1.06. The van der Waals surface area contributed by atoms with Crippen molar-refractivity contribution in [3.63, 3.8) is 0 Å². The van der Waals surface area contributed by atoms with Gasteiger partial charge in [-0.1, -0.05) is 12.1 Å². The Balaban J connectivity index is 3.24. The molecule has 0 spiro atoms. The van der Waals surface area contributed by atoms with E-state index < -0.39 is 5.79 Å². The molecule has 0 aliphatic rings. The van der Waals surface area contributed by atoms with E-state index in [1.165, 1.54) is 0 Å². The highest BCUT2D eigenvalue weighted by atomic mass is 16.7. The smallest absolute Gasteiger partial charge is 0.191 e. The first kappa shape index (κ1) is 12.0. The first-order valence-electron chi connectivity index (χ1n) is 4.83. The highest BCUT2D eigenvalue weighted by Gasteiger charge is 2.28. The summed E-state index contributed by atoms with van der Waals surface area (Å²) in [4.78, 5) is 0. The van der Waals surface area contributed by atoms with Crippen LogP contribution in [0.2, 0.25) is 0 Å². The number of hydrogen-bond donors (Lipinski definition) is 0. The molecule has 0 amide bonds. The fourth-order valence-electron chi connectivity index (χ4n) is 1.63. The first-order valence-corrected chi connectivity index (χ1v) is 4.83. The van der Waals surface area contributed by atoms with Gasteiger partial charge in [-0.3, -0.25) is 0 Å². The van der Waals surface area contributed by atoms with E-state index in [1.54, 1.807) is 21.3 Å². The van der Waals surface area contributed by atoms with Crippen molar-refractivity contribution in [2.45, 2.75) is 19.6 Å². The summed E-state index contributed by atoms with van der Waals surface area (Å²) >= 11 is 0. The summed E-state index contributed by atoms with van der Waals surface area (Å²) < 4.78 is 16.0. The highest BCUT2D eigenvalue weighted by molar-refractivity contribution is 5.41. The molecule has 0 atom stereocenters. The van der Waals surface area contributed by atoms with Gasteiger partial charge in [-0.15, -0.1) is 0 Å². The predicted octanol–water partition coefficient (Wildman–Crippen LogP) is 2.47. The van der Waals surface area contributed by atoms with Crippen molar-refractivity contribution < 1.29 is 14.2 Å². The minimum Gasteiger partial charge on any atom is -0.496 e. The standard InChI is InChI=1S/C12H18O3/c1-9-10(12(2,14-4)15-5)7-6-8-11(9)13-3/h6-8H,1-5H3. The lowest BCUT2D eigenvalue weighted by Gasteiger charge is -2.28. The van der Waals surface area contributed by atoms with Crippen LogP contribution in [0.5, 0.6) is 5.75 Å². The quantitative estimate of drug-likeness (QED) is 0.714. The van der Waals surface area contributed by atoms with Gasteiger partial charge >= 0.3 is 0 Å². The van der Waals surface area contributed by atoms with Crippen molar-refractivity contribution in [3.05, 3.63) is 29.3 Å². The van der Waals surface area contributed by atoms with Crippen LogP contribution in [0.4, 0.5) is 0 Å². The van der Waals surface area contributed by atoms with Crippen LogP contribution in [0.1, 0.15) is 18.1 Å². The molecular weight excluding hydrogens is 192 g/mol. The Labute approximate surface area is 91.0 Å². The molecule has 0 radical (unpaired) electrons. The van der Waals surface area contributed by atoms with Crippen molar-refractivity contribution in [2.75, 3.05) is 21.3 Å². The summed E-state index contributed by atoms with van der Waals surface area (Å²) in [6.45, 7) is 3.87. The van der Waals surface area contributed by atoms with E-state index in [0.717, 1.165) is 16.9 Å². The van der Waals surface area contributed by atoms with Gasteiger partial charge in [0.15, 0.2) is 5.79 Å². The number of methoxy groups -OCH3 is 3. The van der Waals surface area contributed by atoms with Crippen LogP contribution < -0.4 is 4.74 Å². The van der Waals surface area contributed by atoms with Gasteiger partial charge in [-0.2, -0.15) is 0 Å². The minimum absolute atomic E-state index is 0.724. The maximum absolute atomic E-state index is 5.38. The molecule has 0 N–H and O–H groups in total. The molecule has 1 aromatic rings. The van der Waals surface area contributed by atoms with Crippen molar-refractivity contribution in [1.29, 1.82) is 0 Å². The fraction of sp³-hybridized carbons (Fsp3) is 0.500. The maximum atomic E-state index is 5.38. The SMILES string of the molecule is COc1cccc(C(C)(OC)OC)c1C. The number of rotatable bonds is 4. The van der Waals surface area contributed by atoms with Gasteiger partial charge < -0.3 is 14.2 Å². The Kier molecular flexibility index (Phi) is 3.72. The van der Waals surface area contributed by atoms with E-state index in [-0.39, 0.29) is 0 Å². The molecule has 0 saturated carbocycles. The monoisotopic (exact) mass is 210 g/mol. The van der Waals surface area contributed by atoms with Crippen molar-refractivity contribution in [3.8, 4) is 5.75 Å². The molecule has 1 rings (SSSR count). The van der Waals surface area contributed by atoms with Crippen LogP contribution in [0, 0.1) is 6.92 Å². The molecule has 0 bridgehead atoms. The molecule has 0 aromatic heterocycles. The lowest BCUT2D eigenvalue weighted by Crippen LogP contribution is -2.27. The topological polar surface area (TPSA) is 27.7 Å². The number of hydrogen-bond acceptors (Lipinski definition) is 3. The molecule has 0 heterocycles. The lowest BCUT2D eigenvalue weighted by molar-refractivity contribution is -0.202. The first-order chi connectivity index (χ1) is 7.09. The molecule has 3 nitrogen and oxygen atoms in total. The van der Waals surface area contributed by atoms with E-state index in [2.05, 4.69) is 0 Å². The molecule has 0 unspecified atom stereocenters. The predicted molar refractivity (Wildman–Crippen MR) is 59.1 cm³/mol. The summed E-state index contributed by atoms with van der Waals surface area (Å²) in [7, 11) is 4.91. The van der Waals surface area contributed by atoms with Gasteiger partial charge in [0.2, 0.25) is 0 Å². The summed E-state index contributed by atoms with van der Waals surface area (Å²) in [6, 6.07) is 5.83. The van der Waals surface area contributed by atoms with E-state index in [9.17, 15) is 0 Å². The Morgan fingerprint density at radius 1 is 1.07 bits per heavy atom. The Morgan fingerprint density at radius 2 is 1.67 bits per heavy atom. The van der Waals surface area contributed by atoms with Crippen molar-refractivity contribution in [1.82, 2.24) is 0 Å². The largest absolute Gasteiger partial charge is 0.496 e. The van der Waals surface area contributed by atoms with E-state index in [0.29, 0.717) is 0 Å². The normalized spacial score (nSPS) is 11.5. The fourth-order valence-corrected chi connectivity index (χ4v) is 1.63. The van der Waals surface area contributed by atoms with Gasteiger partial charge in [-0.25, -0.2) is 0 Å². The third-order valence-corrected chi connectivity index (χ3v) is 2.77. The van der Waals surface area contributed by atoms with Gasteiger partial charge in [0.25, 0.3) is 0 Å². The zero-order valence-corrected chi connectivity index (χ0v) is 9.96. The van der Waals surface area contributed by atoms with Crippen LogP contribution in [0.3, 0.4) is 0 Å². The zero-order chi connectivity index (χ0) is 11.5. The summed E-state index contributed by atoms with van der Waals surface area (Å²) in [5.74, 6) is 0.117. The summed E-state index contributed by atoms with van der Waals surface area (Å²) in [5, 5.41) is 0. The van der Waals surface area contributed by atoms with Gasteiger partial charge in [0.05, 0.1) is 7.11 Å². The van der Waals surface area contributed by atoms with E-state index in [4.69, 9.17) is 14.2 Å². The average molecular weight is 210 g/mol. The third-order valence-electron chi connectivity index (χ3n) is 2.77. The second-order valence-electron chi connectivity index (χ2n) is 3.49. The van der Waals surface area contributed by atoms with Crippen LogP contribution >= 0.6 is 0 Å². The zero-order valence-electron chi connectivity index (χ0n) is 9.96. The lowest BCUT2D eigenvalue weighted by atomic mass is 10.0. The van der Waals surface area contributed by atoms with Crippen LogP contribution in [0.15, 0.2) is 18.2 Å². The average Bonchev–Trinajstić information content (AvgIpc) is 2.28. The maximum Gasteiger partial charge on any atom is 0.191 e. The second-order valence-corrected chi connectivity index (χ2v) is 3.49. The number of ether oxygens (including phenoxy) is 3. The molecule has 0 aliphatic carbocycles. The molecular formula is C12H18O3. The Morgan fingerprint density at radius 3 is 2.13 bits per heavy atom. The van der Waals surface area contributed by atoms with E-state index >= 15 is 0 Å². The van der Waals surface area contributed by atoms with Crippen LogP contribution in [-0.4, -0.2) is 21.3 Å². The van der Waals surface area contributed by atoms with Crippen LogP contribution in [0.25, 0.3) is 0 Å². The molecule has 84 valence electrons. The number of benzene rings is 1. The summed E-state index contributed by atoms with van der Waals surface area (Å²) in [6.07, 6.45) is 0. The summed E-state index contributed by atoms with van der Waals surface area (Å²) in [5.41, 5.74) is 2.01.